The average molecular weight is 302 g/mol. The smallest absolute Gasteiger partial charge is 0.0477 e. The van der Waals surface area contributed by atoms with Gasteiger partial charge in [-0.25, -0.2) is 0 Å². The van der Waals surface area contributed by atoms with Gasteiger partial charge in [-0.05, 0) is 44.2 Å². The van der Waals surface area contributed by atoms with Crippen molar-refractivity contribution in [3.8, 4) is 0 Å². The zero-order chi connectivity index (χ0) is 15.5. The highest BCUT2D eigenvalue weighted by Gasteiger charge is 2.28. The van der Waals surface area contributed by atoms with E-state index in [1.165, 1.54) is 37.4 Å². The van der Waals surface area contributed by atoms with Crippen LogP contribution in [-0.4, -0.2) is 62.7 Å². The topological polar surface area (TPSA) is 21.8 Å². The van der Waals surface area contributed by atoms with Crippen LogP contribution < -0.4 is 10.2 Å². The van der Waals surface area contributed by atoms with E-state index in [9.17, 15) is 0 Å². The van der Waals surface area contributed by atoms with Crippen LogP contribution in [0, 0.1) is 0 Å². The molecule has 2 heterocycles. The Morgan fingerprint density at radius 1 is 1.14 bits per heavy atom. The summed E-state index contributed by atoms with van der Waals surface area (Å²) >= 11 is 0. The Labute approximate surface area is 135 Å². The van der Waals surface area contributed by atoms with E-state index in [-0.39, 0.29) is 0 Å². The van der Waals surface area contributed by atoms with Gasteiger partial charge in [0.25, 0.3) is 0 Å². The number of likely N-dealkylation sites (N-methyl/N-ethyl adjacent to an activating group) is 1. The lowest BCUT2D eigenvalue weighted by molar-refractivity contribution is 0.106. The van der Waals surface area contributed by atoms with E-state index in [2.05, 4.69) is 59.1 Å². The number of nitrogens with zero attached hydrogens (tertiary/aromatic N) is 3. The van der Waals surface area contributed by atoms with Crippen LogP contribution in [0.15, 0.2) is 18.2 Å². The molecule has 0 aromatic heterocycles. The van der Waals surface area contributed by atoms with Crippen molar-refractivity contribution in [3.05, 3.63) is 29.3 Å². The molecule has 1 aromatic rings. The van der Waals surface area contributed by atoms with Gasteiger partial charge in [0.2, 0.25) is 0 Å². The second-order valence-electron chi connectivity index (χ2n) is 6.54. The molecular weight excluding hydrogens is 272 g/mol. The minimum absolute atomic E-state index is 0.545. The van der Waals surface area contributed by atoms with Crippen molar-refractivity contribution in [2.24, 2.45) is 0 Å². The molecule has 1 atom stereocenters. The SMILES string of the molecule is CCN(CC)c1ccc2c(c1)CNC[C@@H]2N1CCN(C)CC1. The molecule has 1 N–H and O–H groups in total. The first-order valence-electron chi connectivity index (χ1n) is 8.74. The first-order chi connectivity index (χ1) is 10.7. The van der Waals surface area contributed by atoms with Gasteiger partial charge in [-0.2, -0.15) is 0 Å². The maximum Gasteiger partial charge on any atom is 0.0477 e. The fraction of sp³-hybridized carbons (Fsp3) is 0.667. The Bertz CT molecular complexity index is 490. The summed E-state index contributed by atoms with van der Waals surface area (Å²) < 4.78 is 0. The monoisotopic (exact) mass is 302 g/mol. The van der Waals surface area contributed by atoms with Gasteiger partial charge < -0.3 is 15.1 Å². The summed E-state index contributed by atoms with van der Waals surface area (Å²) in [6, 6.07) is 7.65. The standard InChI is InChI=1S/C18H30N4/c1-4-21(5-2)16-6-7-17-15(12-16)13-19-14-18(17)22-10-8-20(3)9-11-22/h6-7,12,18-19H,4-5,8-11,13-14H2,1-3H3/t18-/m0/s1. The van der Waals surface area contributed by atoms with Crippen molar-refractivity contribution < 1.29 is 0 Å². The minimum Gasteiger partial charge on any atom is -0.372 e. The predicted molar refractivity (Wildman–Crippen MR) is 93.5 cm³/mol. The van der Waals surface area contributed by atoms with Gasteiger partial charge in [-0.1, -0.05) is 6.07 Å². The summed E-state index contributed by atoms with van der Waals surface area (Å²) in [6.45, 7) is 13.4. The first kappa shape index (κ1) is 15.8. The molecule has 0 unspecified atom stereocenters. The molecular formula is C18H30N4. The molecule has 4 heteroatoms. The predicted octanol–water partition coefficient (Wildman–Crippen LogP) is 1.92. The fourth-order valence-corrected chi connectivity index (χ4v) is 3.77. The maximum atomic E-state index is 3.63. The highest BCUT2D eigenvalue weighted by molar-refractivity contribution is 5.52. The van der Waals surface area contributed by atoms with Crippen molar-refractivity contribution in [2.45, 2.75) is 26.4 Å². The third-order valence-corrected chi connectivity index (χ3v) is 5.25. The van der Waals surface area contributed by atoms with Gasteiger partial charge in [-0.3, -0.25) is 4.90 Å². The van der Waals surface area contributed by atoms with Crippen LogP contribution in [0.2, 0.25) is 0 Å². The quantitative estimate of drug-likeness (QED) is 0.917. The Kier molecular flexibility index (Phi) is 5.01. The number of rotatable bonds is 4. The largest absolute Gasteiger partial charge is 0.372 e. The molecule has 22 heavy (non-hydrogen) atoms. The van der Waals surface area contributed by atoms with Crippen molar-refractivity contribution in [2.75, 3.05) is 57.8 Å². The van der Waals surface area contributed by atoms with Gasteiger partial charge in [0.05, 0.1) is 0 Å². The molecule has 2 aliphatic rings. The molecule has 1 aromatic carbocycles. The Hall–Kier alpha value is -1.10. The molecule has 0 radical (unpaired) electrons. The average Bonchev–Trinajstić information content (AvgIpc) is 2.56. The van der Waals surface area contributed by atoms with Crippen LogP contribution in [0.5, 0.6) is 0 Å². The van der Waals surface area contributed by atoms with E-state index >= 15 is 0 Å². The van der Waals surface area contributed by atoms with Gasteiger partial charge in [0, 0.05) is 64.1 Å². The van der Waals surface area contributed by atoms with Gasteiger partial charge in [0.15, 0.2) is 0 Å². The van der Waals surface area contributed by atoms with Gasteiger partial charge in [-0.15, -0.1) is 0 Å². The van der Waals surface area contributed by atoms with E-state index in [1.54, 1.807) is 5.56 Å². The van der Waals surface area contributed by atoms with Crippen LogP contribution in [0.3, 0.4) is 0 Å². The van der Waals surface area contributed by atoms with E-state index in [4.69, 9.17) is 0 Å². The summed E-state index contributed by atoms with van der Waals surface area (Å²) in [5.74, 6) is 0. The zero-order valence-electron chi connectivity index (χ0n) is 14.3. The van der Waals surface area contributed by atoms with Crippen molar-refractivity contribution >= 4 is 5.69 Å². The third-order valence-electron chi connectivity index (χ3n) is 5.25. The highest BCUT2D eigenvalue weighted by atomic mass is 15.3. The molecule has 1 fully saturated rings. The normalized spacial score (nSPS) is 23.3. The minimum atomic E-state index is 0.545. The third kappa shape index (κ3) is 3.14. The Morgan fingerprint density at radius 3 is 2.55 bits per heavy atom. The van der Waals surface area contributed by atoms with Crippen molar-refractivity contribution in [1.82, 2.24) is 15.1 Å². The molecule has 0 bridgehead atoms. The fourth-order valence-electron chi connectivity index (χ4n) is 3.77. The van der Waals surface area contributed by atoms with Gasteiger partial charge >= 0.3 is 0 Å². The van der Waals surface area contributed by atoms with Crippen molar-refractivity contribution in [3.63, 3.8) is 0 Å². The van der Waals surface area contributed by atoms with Gasteiger partial charge in [0.1, 0.15) is 0 Å². The summed E-state index contributed by atoms with van der Waals surface area (Å²) in [6.07, 6.45) is 0. The summed E-state index contributed by atoms with van der Waals surface area (Å²) in [5.41, 5.74) is 4.39. The number of anilines is 1. The molecule has 0 saturated carbocycles. The Morgan fingerprint density at radius 2 is 1.86 bits per heavy atom. The van der Waals surface area contributed by atoms with Crippen LogP contribution in [0.4, 0.5) is 5.69 Å². The maximum absolute atomic E-state index is 3.63. The molecule has 1 saturated heterocycles. The molecule has 0 amide bonds. The zero-order valence-corrected chi connectivity index (χ0v) is 14.3. The number of hydrogen-bond donors (Lipinski definition) is 1. The summed E-state index contributed by atoms with van der Waals surface area (Å²) in [7, 11) is 2.22. The number of nitrogens with one attached hydrogen (secondary N) is 1. The van der Waals surface area contributed by atoms with E-state index in [0.29, 0.717) is 6.04 Å². The second kappa shape index (κ2) is 6.99. The first-order valence-corrected chi connectivity index (χ1v) is 8.74. The van der Waals surface area contributed by atoms with E-state index < -0.39 is 0 Å². The van der Waals surface area contributed by atoms with Crippen molar-refractivity contribution in [1.29, 1.82) is 0 Å². The van der Waals surface area contributed by atoms with Crippen LogP contribution in [0.1, 0.15) is 31.0 Å². The molecule has 122 valence electrons. The molecule has 3 rings (SSSR count). The lowest BCUT2D eigenvalue weighted by Gasteiger charge is -2.41. The van der Waals surface area contributed by atoms with Crippen LogP contribution in [0.25, 0.3) is 0 Å². The lowest BCUT2D eigenvalue weighted by atomic mass is 9.94. The highest BCUT2D eigenvalue weighted by Crippen LogP contribution is 2.31. The van der Waals surface area contributed by atoms with Crippen LogP contribution >= 0.6 is 0 Å². The molecule has 2 aliphatic heterocycles. The second-order valence-corrected chi connectivity index (χ2v) is 6.54. The molecule has 4 nitrogen and oxygen atoms in total. The summed E-state index contributed by atoms with van der Waals surface area (Å²) in [5, 5.41) is 3.63. The van der Waals surface area contributed by atoms with E-state index in [0.717, 1.165) is 26.2 Å². The van der Waals surface area contributed by atoms with E-state index in [1.807, 2.05) is 0 Å². The Balaban J connectivity index is 1.81. The number of hydrogen-bond acceptors (Lipinski definition) is 4. The number of benzene rings is 1. The van der Waals surface area contributed by atoms with Crippen LogP contribution in [-0.2, 0) is 6.54 Å². The summed E-state index contributed by atoms with van der Waals surface area (Å²) in [4.78, 5) is 7.51. The number of piperazine rings is 1. The lowest BCUT2D eigenvalue weighted by Crippen LogP contribution is -2.49. The molecule has 0 spiro atoms. The number of fused-ring (bicyclic) bond motifs is 1. The molecule has 0 aliphatic carbocycles.